The number of nitrogens with one attached hydrogen (secondary N) is 2. The minimum absolute atomic E-state index is 0.00530. The first-order valence-corrected chi connectivity index (χ1v) is 13.9. The maximum Gasteiger partial charge on any atom is 0.407 e. The lowest BCUT2D eigenvalue weighted by molar-refractivity contribution is 0.0644. The van der Waals surface area contributed by atoms with Crippen LogP contribution in [0, 0.1) is 5.92 Å². The van der Waals surface area contributed by atoms with E-state index in [2.05, 4.69) is 15.3 Å². The number of sulfonamides is 1. The molecule has 37 heavy (non-hydrogen) atoms. The number of amides is 1. The largest absolute Gasteiger partial charge is 0.444 e. The number of rotatable bonds is 11. The van der Waals surface area contributed by atoms with Gasteiger partial charge in [-0.15, -0.1) is 0 Å². The van der Waals surface area contributed by atoms with Gasteiger partial charge in [0.1, 0.15) is 6.10 Å². The van der Waals surface area contributed by atoms with Gasteiger partial charge in [0.25, 0.3) is 0 Å². The summed E-state index contributed by atoms with van der Waals surface area (Å²) in [5.41, 5.74) is 2.15. The minimum Gasteiger partial charge on any atom is -0.444 e. The summed E-state index contributed by atoms with van der Waals surface area (Å²) in [6, 6.07) is 13.3. The average Bonchev–Trinajstić information content (AvgIpc) is 3.55. The third kappa shape index (κ3) is 7.07. The molecule has 3 aromatic rings. The normalized spacial score (nSPS) is 17.8. The van der Waals surface area contributed by atoms with Gasteiger partial charge >= 0.3 is 6.09 Å². The number of ether oxygens (including phenoxy) is 2. The molecule has 4 rings (SSSR count). The van der Waals surface area contributed by atoms with Gasteiger partial charge in [-0.2, -0.15) is 4.31 Å². The van der Waals surface area contributed by atoms with Crippen LogP contribution in [-0.4, -0.2) is 78.4 Å². The van der Waals surface area contributed by atoms with E-state index in [9.17, 15) is 18.3 Å². The topological polar surface area (TPSA) is 134 Å². The Labute approximate surface area is 217 Å². The number of fused-ring (bicyclic) bond motifs is 1. The summed E-state index contributed by atoms with van der Waals surface area (Å²) in [5, 5.41) is 14.1. The molecule has 0 unspecified atom stereocenters. The molecular formula is C26H34N4O6S. The van der Waals surface area contributed by atoms with Crippen molar-refractivity contribution in [1.82, 2.24) is 19.6 Å². The fourth-order valence-electron chi connectivity index (χ4n) is 4.33. The van der Waals surface area contributed by atoms with Gasteiger partial charge in [-0.05, 0) is 36.1 Å². The Bertz CT molecular complexity index is 1270. The van der Waals surface area contributed by atoms with Crippen LogP contribution in [0.5, 0.6) is 0 Å². The molecule has 0 radical (unpaired) electrons. The van der Waals surface area contributed by atoms with Crippen molar-refractivity contribution in [2.45, 2.75) is 49.8 Å². The smallest absolute Gasteiger partial charge is 0.407 e. The monoisotopic (exact) mass is 530 g/mol. The van der Waals surface area contributed by atoms with Gasteiger partial charge in [-0.1, -0.05) is 44.2 Å². The number of hydrogen-bond acceptors (Lipinski definition) is 7. The molecule has 11 heteroatoms. The summed E-state index contributed by atoms with van der Waals surface area (Å²) in [5.74, 6) is 0.00530. The van der Waals surface area contributed by atoms with Gasteiger partial charge in [-0.25, -0.2) is 18.2 Å². The number of carbonyl (C=O) groups is 1. The number of alkyl carbamates (subject to hydrolysis) is 1. The minimum atomic E-state index is -3.95. The van der Waals surface area contributed by atoms with Crippen molar-refractivity contribution in [1.29, 1.82) is 0 Å². The number of carbonyl (C=O) groups excluding carboxylic acids is 1. The van der Waals surface area contributed by atoms with Crippen molar-refractivity contribution in [3.05, 3.63) is 60.4 Å². The molecule has 0 aliphatic carbocycles. The number of aromatic amines is 1. The van der Waals surface area contributed by atoms with Gasteiger partial charge in [-0.3, -0.25) is 0 Å². The molecule has 0 saturated carbocycles. The molecule has 1 aromatic heterocycles. The van der Waals surface area contributed by atoms with Crippen LogP contribution in [0.15, 0.2) is 59.8 Å². The van der Waals surface area contributed by atoms with Crippen LogP contribution in [0.2, 0.25) is 0 Å². The molecule has 1 fully saturated rings. The van der Waals surface area contributed by atoms with Crippen LogP contribution in [0.4, 0.5) is 4.79 Å². The number of hydrogen-bond donors (Lipinski definition) is 3. The Hall–Kier alpha value is -2.99. The van der Waals surface area contributed by atoms with Crippen LogP contribution in [0.1, 0.15) is 25.8 Å². The van der Waals surface area contributed by atoms with E-state index in [1.54, 1.807) is 6.07 Å². The van der Waals surface area contributed by atoms with Crippen molar-refractivity contribution in [3.63, 3.8) is 0 Å². The Morgan fingerprint density at radius 1 is 1.24 bits per heavy atom. The Balaban J connectivity index is 1.55. The van der Waals surface area contributed by atoms with Crippen LogP contribution in [0.3, 0.4) is 0 Å². The number of aromatic nitrogens is 2. The Kier molecular flexibility index (Phi) is 8.80. The van der Waals surface area contributed by atoms with Crippen molar-refractivity contribution < 1.29 is 27.8 Å². The molecule has 2 aromatic carbocycles. The first-order chi connectivity index (χ1) is 17.7. The molecular weight excluding hydrogens is 496 g/mol. The molecule has 3 N–H and O–H groups in total. The van der Waals surface area contributed by atoms with Gasteiger partial charge in [0.05, 0.1) is 47.6 Å². The quantitative estimate of drug-likeness (QED) is 0.347. The fourth-order valence-corrected chi connectivity index (χ4v) is 5.98. The lowest BCUT2D eigenvalue weighted by Crippen LogP contribution is -2.51. The molecule has 1 aliphatic rings. The first-order valence-electron chi connectivity index (χ1n) is 12.4. The number of aliphatic hydroxyl groups is 1. The zero-order valence-corrected chi connectivity index (χ0v) is 21.9. The molecule has 0 bridgehead atoms. The number of nitrogens with zero attached hydrogens (tertiary/aromatic N) is 2. The zero-order valence-electron chi connectivity index (χ0n) is 21.0. The van der Waals surface area contributed by atoms with E-state index >= 15 is 0 Å². The van der Waals surface area contributed by atoms with Crippen LogP contribution < -0.4 is 5.32 Å². The Morgan fingerprint density at radius 2 is 2.03 bits per heavy atom. The lowest BCUT2D eigenvalue weighted by Gasteiger charge is -2.30. The third-order valence-corrected chi connectivity index (χ3v) is 8.04. The molecule has 1 saturated heterocycles. The van der Waals surface area contributed by atoms with Gasteiger partial charge < -0.3 is 24.9 Å². The molecule has 10 nitrogen and oxygen atoms in total. The van der Waals surface area contributed by atoms with Gasteiger partial charge in [0, 0.05) is 19.5 Å². The molecule has 2 heterocycles. The first kappa shape index (κ1) is 27.1. The third-order valence-electron chi connectivity index (χ3n) is 6.22. The predicted molar refractivity (Wildman–Crippen MR) is 138 cm³/mol. The van der Waals surface area contributed by atoms with Crippen molar-refractivity contribution in [2.75, 3.05) is 26.3 Å². The summed E-state index contributed by atoms with van der Waals surface area (Å²) in [6.45, 7) is 4.68. The average molecular weight is 531 g/mol. The highest BCUT2D eigenvalue weighted by molar-refractivity contribution is 7.89. The maximum atomic E-state index is 13.7. The van der Waals surface area contributed by atoms with Crippen molar-refractivity contribution in [2.24, 2.45) is 5.92 Å². The van der Waals surface area contributed by atoms with E-state index in [1.165, 1.54) is 22.8 Å². The number of aliphatic hydroxyl groups excluding tert-OH is 1. The Morgan fingerprint density at radius 3 is 2.73 bits per heavy atom. The van der Waals surface area contributed by atoms with Crippen LogP contribution in [-0.2, 0) is 25.9 Å². The SMILES string of the molecule is CC(C)CN(C[C@@H](O)[C@H](Cc1ccccc1)NC(=O)O[C@H]1CCOC1)S(=O)(=O)c1ccc2nc[nH]c2c1. The molecule has 1 amide bonds. The second kappa shape index (κ2) is 12.0. The summed E-state index contributed by atoms with van der Waals surface area (Å²) < 4.78 is 39.3. The van der Waals surface area contributed by atoms with E-state index < -0.39 is 28.3 Å². The van der Waals surface area contributed by atoms with E-state index in [1.807, 2.05) is 44.2 Å². The molecule has 1 aliphatic heterocycles. The zero-order chi connectivity index (χ0) is 26.4. The summed E-state index contributed by atoms with van der Waals surface area (Å²) >= 11 is 0. The van der Waals surface area contributed by atoms with E-state index in [0.29, 0.717) is 37.1 Å². The summed E-state index contributed by atoms with van der Waals surface area (Å²) in [6.07, 6.45) is 0.210. The number of H-pyrrole nitrogens is 1. The fraction of sp³-hybridized carbons (Fsp3) is 0.462. The second-order valence-corrected chi connectivity index (χ2v) is 11.6. The molecule has 3 atom stereocenters. The van der Waals surface area contributed by atoms with Crippen LogP contribution in [0.25, 0.3) is 11.0 Å². The number of imidazole rings is 1. The summed E-state index contributed by atoms with van der Waals surface area (Å²) in [7, 11) is -3.95. The number of benzene rings is 2. The van der Waals surface area contributed by atoms with E-state index in [4.69, 9.17) is 9.47 Å². The van der Waals surface area contributed by atoms with E-state index in [-0.39, 0.29) is 30.0 Å². The van der Waals surface area contributed by atoms with Gasteiger partial charge in [0.2, 0.25) is 10.0 Å². The van der Waals surface area contributed by atoms with Gasteiger partial charge in [0.15, 0.2) is 0 Å². The molecule has 0 spiro atoms. The molecule has 200 valence electrons. The standard InChI is InChI=1S/C26H34N4O6S/c1-18(2)14-30(37(33,34)21-8-9-22-23(13-21)28-17-27-22)15-25(31)24(12-19-6-4-3-5-7-19)29-26(32)36-20-10-11-35-16-20/h3-9,13,17-18,20,24-25,31H,10-12,14-16H2,1-2H3,(H,27,28)(H,29,32)/t20-,24-,25+/m0/s1. The van der Waals surface area contributed by atoms with Crippen molar-refractivity contribution >= 4 is 27.1 Å². The lowest BCUT2D eigenvalue weighted by atomic mass is 10.0. The van der Waals surface area contributed by atoms with Crippen LogP contribution >= 0.6 is 0 Å². The summed E-state index contributed by atoms with van der Waals surface area (Å²) in [4.78, 5) is 19.8. The van der Waals surface area contributed by atoms with Crippen molar-refractivity contribution in [3.8, 4) is 0 Å². The predicted octanol–water partition coefficient (Wildman–Crippen LogP) is 2.70. The highest BCUT2D eigenvalue weighted by Gasteiger charge is 2.32. The second-order valence-electron chi connectivity index (χ2n) is 9.70. The van der Waals surface area contributed by atoms with E-state index in [0.717, 1.165) is 5.56 Å². The highest BCUT2D eigenvalue weighted by atomic mass is 32.2. The highest BCUT2D eigenvalue weighted by Crippen LogP contribution is 2.22. The maximum absolute atomic E-state index is 13.7.